The lowest BCUT2D eigenvalue weighted by molar-refractivity contribution is -0.141. The van der Waals surface area contributed by atoms with Crippen LogP contribution in [0, 0.1) is 0 Å². The predicted octanol–water partition coefficient (Wildman–Crippen LogP) is 4.78. The van der Waals surface area contributed by atoms with Gasteiger partial charge in [-0.2, -0.15) is 4.31 Å². The van der Waals surface area contributed by atoms with Crippen LogP contribution in [0.5, 0.6) is 0 Å². The molecule has 0 radical (unpaired) electrons. The molecule has 2 amide bonds. The largest absolute Gasteiger partial charge is 0.354 e. The molecule has 202 valence electrons. The van der Waals surface area contributed by atoms with Crippen LogP contribution in [-0.2, 0) is 32.6 Å². The monoisotopic (exact) mass is 575 g/mol. The van der Waals surface area contributed by atoms with Gasteiger partial charge in [-0.25, -0.2) is 8.42 Å². The Morgan fingerprint density at radius 2 is 1.45 bits per heavy atom. The fourth-order valence-corrected chi connectivity index (χ4v) is 5.23. The molecule has 0 saturated heterocycles. The van der Waals surface area contributed by atoms with Gasteiger partial charge in [0, 0.05) is 36.6 Å². The first kappa shape index (κ1) is 29.6. The summed E-state index contributed by atoms with van der Waals surface area (Å²) in [6, 6.07) is 21.2. The Hall–Kier alpha value is -2.91. The summed E-state index contributed by atoms with van der Waals surface area (Å²) in [5.41, 5.74) is 1.63. The highest BCUT2D eigenvalue weighted by Gasteiger charge is 2.33. The van der Waals surface area contributed by atoms with E-state index in [1.807, 2.05) is 37.3 Å². The zero-order valence-electron chi connectivity index (χ0n) is 21.3. The number of carbonyl (C=O) groups excluding carboxylic acids is 2. The van der Waals surface area contributed by atoms with Crippen LogP contribution in [0.25, 0.3) is 0 Å². The number of rotatable bonds is 12. The molecule has 0 fully saturated rings. The SMILES string of the molecule is CCCNC(=O)[C@H](Cc1ccccc1)N(Cc1ccc(Cl)cc1)C(=O)CN(C)S(=O)(=O)c1ccc(Cl)cc1. The molecule has 0 aromatic heterocycles. The highest BCUT2D eigenvalue weighted by atomic mass is 35.5. The molecule has 0 unspecified atom stereocenters. The van der Waals surface area contributed by atoms with Crippen LogP contribution in [0.15, 0.2) is 83.8 Å². The van der Waals surface area contributed by atoms with Crippen LogP contribution in [-0.4, -0.2) is 55.6 Å². The third-order valence-electron chi connectivity index (χ3n) is 5.97. The van der Waals surface area contributed by atoms with E-state index < -0.39 is 28.5 Å². The number of nitrogens with zero attached hydrogens (tertiary/aromatic N) is 2. The first-order valence-electron chi connectivity index (χ1n) is 12.2. The zero-order valence-corrected chi connectivity index (χ0v) is 23.6. The van der Waals surface area contributed by atoms with E-state index in [0.29, 0.717) is 16.6 Å². The van der Waals surface area contributed by atoms with Crippen molar-refractivity contribution in [3.63, 3.8) is 0 Å². The normalized spacial score (nSPS) is 12.2. The quantitative estimate of drug-likeness (QED) is 0.336. The molecule has 0 aliphatic rings. The van der Waals surface area contributed by atoms with E-state index in [9.17, 15) is 18.0 Å². The van der Waals surface area contributed by atoms with Gasteiger partial charge in [-0.1, -0.05) is 72.6 Å². The van der Waals surface area contributed by atoms with Gasteiger partial charge < -0.3 is 10.2 Å². The van der Waals surface area contributed by atoms with E-state index in [1.54, 1.807) is 24.3 Å². The van der Waals surface area contributed by atoms with Crippen molar-refractivity contribution in [1.82, 2.24) is 14.5 Å². The Labute approximate surface area is 234 Å². The van der Waals surface area contributed by atoms with Crippen LogP contribution in [0.1, 0.15) is 24.5 Å². The fourth-order valence-electron chi connectivity index (χ4n) is 3.86. The van der Waals surface area contributed by atoms with Gasteiger partial charge in [0.15, 0.2) is 0 Å². The number of hydrogen-bond donors (Lipinski definition) is 1. The van der Waals surface area contributed by atoms with E-state index >= 15 is 0 Å². The predicted molar refractivity (Wildman–Crippen MR) is 151 cm³/mol. The molecule has 0 spiro atoms. The zero-order chi connectivity index (χ0) is 27.7. The molecule has 1 N–H and O–H groups in total. The Morgan fingerprint density at radius 3 is 2.03 bits per heavy atom. The lowest BCUT2D eigenvalue weighted by Gasteiger charge is -2.32. The second-order valence-electron chi connectivity index (χ2n) is 8.86. The number of hydrogen-bond acceptors (Lipinski definition) is 4. The second-order valence-corrected chi connectivity index (χ2v) is 11.8. The van der Waals surface area contributed by atoms with E-state index in [1.165, 1.54) is 36.2 Å². The van der Waals surface area contributed by atoms with Gasteiger partial charge in [0.05, 0.1) is 11.4 Å². The molecular weight excluding hydrogens is 545 g/mol. The average Bonchev–Trinajstić information content (AvgIpc) is 2.91. The molecule has 0 heterocycles. The molecule has 3 aromatic carbocycles. The van der Waals surface area contributed by atoms with Crippen molar-refractivity contribution in [2.45, 2.75) is 37.2 Å². The minimum Gasteiger partial charge on any atom is -0.354 e. The topological polar surface area (TPSA) is 86.8 Å². The number of sulfonamides is 1. The Bertz CT molecular complexity index is 1320. The molecule has 3 rings (SSSR count). The summed E-state index contributed by atoms with van der Waals surface area (Å²) in [7, 11) is -2.63. The Kier molecular flexibility index (Phi) is 10.7. The van der Waals surface area contributed by atoms with Gasteiger partial charge in [-0.3, -0.25) is 9.59 Å². The number of likely N-dealkylation sites (N-methyl/N-ethyl adjacent to an activating group) is 1. The minimum atomic E-state index is -3.97. The first-order valence-corrected chi connectivity index (χ1v) is 14.4. The summed E-state index contributed by atoms with van der Waals surface area (Å²) in [5.74, 6) is -0.811. The summed E-state index contributed by atoms with van der Waals surface area (Å²) in [6.45, 7) is 2.05. The summed E-state index contributed by atoms with van der Waals surface area (Å²) in [4.78, 5) is 28.6. The first-order chi connectivity index (χ1) is 18.1. The molecule has 38 heavy (non-hydrogen) atoms. The third kappa shape index (κ3) is 8.04. The smallest absolute Gasteiger partial charge is 0.243 e. The van der Waals surface area contributed by atoms with Crippen molar-refractivity contribution in [3.05, 3.63) is 100 Å². The summed E-state index contributed by atoms with van der Waals surface area (Å²) < 4.78 is 27.3. The van der Waals surface area contributed by atoms with Crippen molar-refractivity contribution in [2.24, 2.45) is 0 Å². The van der Waals surface area contributed by atoms with Crippen LogP contribution in [0.3, 0.4) is 0 Å². The molecule has 3 aromatic rings. The number of amides is 2. The number of benzene rings is 3. The van der Waals surface area contributed by atoms with Gasteiger partial charge >= 0.3 is 0 Å². The molecule has 7 nitrogen and oxygen atoms in total. The van der Waals surface area contributed by atoms with E-state index in [-0.39, 0.29) is 23.8 Å². The Balaban J connectivity index is 1.95. The minimum absolute atomic E-state index is 0.0166. The molecule has 0 bridgehead atoms. The van der Waals surface area contributed by atoms with E-state index in [0.717, 1.165) is 21.9 Å². The molecule has 0 aliphatic carbocycles. The van der Waals surface area contributed by atoms with E-state index in [2.05, 4.69) is 5.32 Å². The lowest BCUT2D eigenvalue weighted by Crippen LogP contribution is -2.53. The average molecular weight is 577 g/mol. The number of halogens is 2. The maximum Gasteiger partial charge on any atom is 0.243 e. The van der Waals surface area contributed by atoms with Crippen molar-refractivity contribution in [3.8, 4) is 0 Å². The summed E-state index contributed by atoms with van der Waals surface area (Å²) in [6.07, 6.45) is 1.00. The van der Waals surface area contributed by atoms with Crippen LogP contribution < -0.4 is 5.32 Å². The second kappa shape index (κ2) is 13.8. The van der Waals surface area contributed by atoms with E-state index in [4.69, 9.17) is 23.2 Å². The van der Waals surface area contributed by atoms with Crippen molar-refractivity contribution in [1.29, 1.82) is 0 Å². The highest BCUT2D eigenvalue weighted by molar-refractivity contribution is 7.89. The van der Waals surface area contributed by atoms with Gasteiger partial charge in [0.2, 0.25) is 21.8 Å². The van der Waals surface area contributed by atoms with Crippen molar-refractivity contribution < 1.29 is 18.0 Å². The fraction of sp³-hybridized carbons (Fsp3) is 0.286. The molecule has 10 heteroatoms. The maximum absolute atomic E-state index is 13.8. The van der Waals surface area contributed by atoms with Crippen molar-refractivity contribution in [2.75, 3.05) is 20.1 Å². The standard InChI is InChI=1S/C28H31Cl2N3O4S/c1-3-17-31-28(35)26(18-21-7-5-4-6-8-21)33(19-22-9-11-23(29)12-10-22)27(34)20-32(2)38(36,37)25-15-13-24(30)14-16-25/h4-16,26H,3,17-20H2,1-2H3,(H,31,35)/t26-/m0/s1. The van der Waals surface area contributed by atoms with Crippen LogP contribution in [0.2, 0.25) is 10.0 Å². The lowest BCUT2D eigenvalue weighted by atomic mass is 10.0. The molecule has 0 saturated carbocycles. The number of carbonyl (C=O) groups is 2. The van der Waals surface area contributed by atoms with Gasteiger partial charge in [0.25, 0.3) is 0 Å². The van der Waals surface area contributed by atoms with Crippen molar-refractivity contribution >= 4 is 45.0 Å². The van der Waals surface area contributed by atoms with Crippen LogP contribution in [0.4, 0.5) is 0 Å². The summed E-state index contributed by atoms with van der Waals surface area (Å²) >= 11 is 12.0. The summed E-state index contributed by atoms with van der Waals surface area (Å²) in [5, 5.41) is 3.84. The number of nitrogens with one attached hydrogen (secondary N) is 1. The van der Waals surface area contributed by atoms with Gasteiger partial charge in [-0.15, -0.1) is 0 Å². The maximum atomic E-state index is 13.8. The van der Waals surface area contributed by atoms with Gasteiger partial charge in [0.1, 0.15) is 6.04 Å². The molecular formula is C28H31Cl2N3O4S. The highest BCUT2D eigenvalue weighted by Crippen LogP contribution is 2.20. The molecule has 0 aliphatic heterocycles. The van der Waals surface area contributed by atoms with Crippen LogP contribution >= 0.6 is 23.2 Å². The Morgan fingerprint density at radius 1 is 0.868 bits per heavy atom. The van der Waals surface area contributed by atoms with Gasteiger partial charge in [-0.05, 0) is 53.9 Å². The molecule has 1 atom stereocenters. The third-order valence-corrected chi connectivity index (χ3v) is 8.29.